The van der Waals surface area contributed by atoms with Gasteiger partial charge in [-0.3, -0.25) is 9.59 Å². The Bertz CT molecular complexity index is 1160. The van der Waals surface area contributed by atoms with Gasteiger partial charge in [0.25, 0.3) is 0 Å². The Hall–Kier alpha value is -2.71. The summed E-state index contributed by atoms with van der Waals surface area (Å²) < 4.78 is 25.5. The van der Waals surface area contributed by atoms with Crippen LogP contribution in [-0.4, -0.2) is 55.6 Å². The standard InChI is InChI=1S/C26H33N3O4S/c1-25(2,27)24(31)28-21(13-12-19-8-4-3-5-9-19)23(30)29-16-14-26(15-17-29)18-34(32,33)22-11-7-6-10-20(22)26/h3-11,21H,12-18,27H2,1-2H3,(H,28,31)/t21-/m1/s1. The van der Waals surface area contributed by atoms with Crippen LogP contribution in [0.1, 0.15) is 44.2 Å². The molecule has 0 bridgehead atoms. The Morgan fingerprint density at radius 2 is 1.68 bits per heavy atom. The molecule has 0 unspecified atom stereocenters. The van der Waals surface area contributed by atoms with Crippen molar-refractivity contribution in [2.45, 2.75) is 61.4 Å². The van der Waals surface area contributed by atoms with Crippen molar-refractivity contribution in [3.63, 3.8) is 0 Å². The highest BCUT2D eigenvalue weighted by atomic mass is 32.2. The molecular formula is C26H33N3O4S. The van der Waals surface area contributed by atoms with Gasteiger partial charge in [0, 0.05) is 18.5 Å². The third-order valence-electron chi connectivity index (χ3n) is 7.05. The van der Waals surface area contributed by atoms with Crippen LogP contribution in [-0.2, 0) is 31.3 Å². The summed E-state index contributed by atoms with van der Waals surface area (Å²) in [4.78, 5) is 28.3. The predicted molar refractivity (Wildman–Crippen MR) is 131 cm³/mol. The zero-order valence-corrected chi connectivity index (χ0v) is 20.6. The van der Waals surface area contributed by atoms with Crippen molar-refractivity contribution in [1.29, 1.82) is 0 Å². The molecule has 2 aliphatic rings. The van der Waals surface area contributed by atoms with Crippen molar-refractivity contribution < 1.29 is 18.0 Å². The third kappa shape index (κ3) is 4.88. The molecule has 34 heavy (non-hydrogen) atoms. The lowest BCUT2D eigenvalue weighted by Crippen LogP contribution is -2.58. The van der Waals surface area contributed by atoms with E-state index in [0.29, 0.717) is 43.7 Å². The van der Waals surface area contributed by atoms with Crippen molar-refractivity contribution in [2.75, 3.05) is 18.8 Å². The Labute approximate surface area is 201 Å². The number of nitrogens with two attached hydrogens (primary N) is 1. The number of aryl methyl sites for hydroxylation is 1. The average Bonchev–Trinajstić information content (AvgIpc) is 3.03. The van der Waals surface area contributed by atoms with E-state index in [2.05, 4.69) is 5.32 Å². The second-order valence-electron chi connectivity index (χ2n) is 10.1. The van der Waals surface area contributed by atoms with E-state index in [0.717, 1.165) is 11.1 Å². The molecule has 2 aromatic rings. The van der Waals surface area contributed by atoms with Crippen molar-refractivity contribution in [2.24, 2.45) is 5.73 Å². The first kappa shape index (κ1) is 24.4. The highest BCUT2D eigenvalue weighted by Gasteiger charge is 2.49. The van der Waals surface area contributed by atoms with Gasteiger partial charge in [-0.05, 0) is 56.7 Å². The number of likely N-dealkylation sites (tertiary alicyclic amines) is 1. The molecule has 182 valence electrons. The normalized spacial score (nSPS) is 19.4. The third-order valence-corrected chi connectivity index (χ3v) is 9.00. The fourth-order valence-corrected chi connectivity index (χ4v) is 7.27. The van der Waals surface area contributed by atoms with Crippen molar-refractivity contribution in [3.8, 4) is 0 Å². The molecule has 7 nitrogen and oxygen atoms in total. The first-order chi connectivity index (χ1) is 16.0. The van der Waals surface area contributed by atoms with E-state index in [9.17, 15) is 18.0 Å². The zero-order valence-electron chi connectivity index (χ0n) is 19.8. The Balaban J connectivity index is 1.48. The number of nitrogens with one attached hydrogen (secondary N) is 1. The van der Waals surface area contributed by atoms with E-state index in [1.54, 1.807) is 30.9 Å². The molecule has 1 spiro atoms. The highest BCUT2D eigenvalue weighted by Crippen LogP contribution is 2.46. The highest BCUT2D eigenvalue weighted by molar-refractivity contribution is 7.91. The fourth-order valence-electron chi connectivity index (χ4n) is 5.04. The van der Waals surface area contributed by atoms with Crippen molar-refractivity contribution >= 4 is 21.7 Å². The van der Waals surface area contributed by atoms with Crippen LogP contribution in [0.15, 0.2) is 59.5 Å². The molecule has 0 aromatic heterocycles. The number of fused-ring (bicyclic) bond motifs is 2. The molecule has 0 radical (unpaired) electrons. The number of piperidine rings is 1. The van der Waals surface area contributed by atoms with Crippen LogP contribution in [0.5, 0.6) is 0 Å². The second kappa shape index (κ2) is 9.15. The van der Waals surface area contributed by atoms with Crippen molar-refractivity contribution in [3.05, 3.63) is 65.7 Å². The number of amides is 2. The number of benzene rings is 2. The van der Waals surface area contributed by atoms with Gasteiger partial charge >= 0.3 is 0 Å². The molecule has 1 saturated heterocycles. The minimum absolute atomic E-state index is 0.0942. The maximum atomic E-state index is 13.5. The average molecular weight is 484 g/mol. The Kier molecular flexibility index (Phi) is 6.57. The number of nitrogens with zero attached hydrogens (tertiary/aromatic N) is 1. The summed E-state index contributed by atoms with van der Waals surface area (Å²) in [7, 11) is -3.31. The van der Waals surface area contributed by atoms with Gasteiger partial charge in [-0.2, -0.15) is 0 Å². The van der Waals surface area contributed by atoms with Crippen LogP contribution in [0.3, 0.4) is 0 Å². The minimum Gasteiger partial charge on any atom is -0.343 e. The van der Waals surface area contributed by atoms with Gasteiger partial charge in [0.05, 0.1) is 16.2 Å². The van der Waals surface area contributed by atoms with Gasteiger partial charge in [-0.15, -0.1) is 0 Å². The smallest absolute Gasteiger partial charge is 0.245 e. The molecule has 8 heteroatoms. The van der Waals surface area contributed by atoms with Crippen LogP contribution < -0.4 is 11.1 Å². The molecule has 1 atom stereocenters. The molecule has 3 N–H and O–H groups in total. The topological polar surface area (TPSA) is 110 Å². The summed E-state index contributed by atoms with van der Waals surface area (Å²) >= 11 is 0. The summed E-state index contributed by atoms with van der Waals surface area (Å²) in [5.41, 5.74) is 6.39. The molecule has 1 fully saturated rings. The maximum absolute atomic E-state index is 13.5. The van der Waals surface area contributed by atoms with E-state index in [-0.39, 0.29) is 17.6 Å². The van der Waals surface area contributed by atoms with E-state index in [4.69, 9.17) is 5.73 Å². The predicted octanol–water partition coefficient (Wildman–Crippen LogP) is 2.19. The molecule has 4 rings (SSSR count). The molecule has 2 aromatic carbocycles. The van der Waals surface area contributed by atoms with Crippen LogP contribution in [0.4, 0.5) is 0 Å². The summed E-state index contributed by atoms with van der Waals surface area (Å²) in [6.07, 6.45) is 2.27. The zero-order chi connectivity index (χ0) is 24.6. The largest absolute Gasteiger partial charge is 0.343 e. The summed E-state index contributed by atoms with van der Waals surface area (Å²) in [6.45, 7) is 4.13. The van der Waals surface area contributed by atoms with Gasteiger partial charge in [0.15, 0.2) is 9.84 Å². The van der Waals surface area contributed by atoms with Crippen LogP contribution in [0, 0.1) is 0 Å². The van der Waals surface area contributed by atoms with Gasteiger partial charge < -0.3 is 16.0 Å². The number of hydrogen-bond donors (Lipinski definition) is 2. The lowest BCUT2D eigenvalue weighted by atomic mass is 9.74. The van der Waals surface area contributed by atoms with Crippen LogP contribution in [0.2, 0.25) is 0 Å². The minimum atomic E-state index is -3.31. The molecule has 0 saturated carbocycles. The van der Waals surface area contributed by atoms with Gasteiger partial charge in [-0.1, -0.05) is 48.5 Å². The quantitative estimate of drug-likeness (QED) is 0.655. The lowest BCUT2D eigenvalue weighted by Gasteiger charge is -2.40. The Morgan fingerprint density at radius 1 is 1.06 bits per heavy atom. The van der Waals surface area contributed by atoms with Crippen LogP contribution >= 0.6 is 0 Å². The number of sulfone groups is 1. The first-order valence-corrected chi connectivity index (χ1v) is 13.4. The summed E-state index contributed by atoms with van der Waals surface area (Å²) in [6, 6.07) is 16.4. The fraction of sp³-hybridized carbons (Fsp3) is 0.462. The van der Waals surface area contributed by atoms with Crippen molar-refractivity contribution in [1.82, 2.24) is 10.2 Å². The summed E-state index contributed by atoms with van der Waals surface area (Å²) in [5, 5.41) is 2.86. The Morgan fingerprint density at radius 3 is 2.32 bits per heavy atom. The molecule has 2 heterocycles. The van der Waals surface area contributed by atoms with Gasteiger partial charge in [0.1, 0.15) is 6.04 Å². The molecule has 2 amide bonds. The summed E-state index contributed by atoms with van der Waals surface area (Å²) in [5.74, 6) is -0.419. The second-order valence-corrected chi connectivity index (χ2v) is 12.1. The van der Waals surface area contributed by atoms with E-state index >= 15 is 0 Å². The van der Waals surface area contributed by atoms with E-state index < -0.39 is 26.8 Å². The monoisotopic (exact) mass is 483 g/mol. The number of carbonyl (C=O) groups excluding carboxylic acids is 2. The lowest BCUT2D eigenvalue weighted by molar-refractivity contribution is -0.138. The maximum Gasteiger partial charge on any atom is 0.245 e. The van der Waals surface area contributed by atoms with Gasteiger partial charge in [0.2, 0.25) is 11.8 Å². The molecular weight excluding hydrogens is 450 g/mol. The SMILES string of the molecule is CC(C)(N)C(=O)N[C@H](CCc1ccccc1)C(=O)N1CCC2(CC1)CS(=O)(=O)c1ccccc12. The number of hydrogen-bond acceptors (Lipinski definition) is 5. The van der Waals surface area contributed by atoms with E-state index in [1.165, 1.54) is 0 Å². The molecule has 2 aliphatic heterocycles. The van der Waals surface area contributed by atoms with Gasteiger partial charge in [-0.25, -0.2) is 8.42 Å². The van der Waals surface area contributed by atoms with E-state index in [1.807, 2.05) is 42.5 Å². The number of rotatable bonds is 6. The number of carbonyl (C=O) groups is 2. The van der Waals surface area contributed by atoms with Crippen LogP contribution in [0.25, 0.3) is 0 Å². The molecule has 0 aliphatic carbocycles. The first-order valence-electron chi connectivity index (χ1n) is 11.8.